The van der Waals surface area contributed by atoms with Crippen molar-refractivity contribution >= 4 is 17.0 Å². The molecule has 0 atom stereocenters. The van der Waals surface area contributed by atoms with Crippen LogP contribution in [0.4, 0.5) is 5.69 Å². The quantitative estimate of drug-likeness (QED) is 0.443. The first-order valence-corrected chi connectivity index (χ1v) is 5.24. The fourth-order valence-electron chi connectivity index (χ4n) is 1.33. The van der Waals surface area contributed by atoms with Crippen molar-refractivity contribution in [1.29, 1.82) is 0 Å². The summed E-state index contributed by atoms with van der Waals surface area (Å²) < 4.78 is 1.99. The van der Waals surface area contributed by atoms with Crippen LogP contribution >= 0.6 is 11.3 Å². The number of nitro groups is 1. The second-order valence-electron chi connectivity index (χ2n) is 3.12. The highest BCUT2D eigenvalue weighted by molar-refractivity contribution is 7.12. The summed E-state index contributed by atoms with van der Waals surface area (Å²) in [7, 11) is 1.95. The monoisotopic (exact) mass is 221 g/mol. The number of nitro benzene ring substituents is 1. The first-order valence-electron chi connectivity index (χ1n) is 4.36. The van der Waals surface area contributed by atoms with Crippen molar-refractivity contribution in [3.8, 4) is 10.6 Å². The lowest BCUT2D eigenvalue weighted by Gasteiger charge is -1.94. The maximum Gasteiger partial charge on any atom is 0.269 e. The lowest BCUT2D eigenvalue weighted by Crippen LogP contribution is -2.26. The Morgan fingerprint density at radius 1 is 1.33 bits per heavy atom. The lowest BCUT2D eigenvalue weighted by molar-refractivity contribution is -0.655. The first kappa shape index (κ1) is 9.79. The molecule has 0 aliphatic rings. The molecule has 0 bridgehead atoms. The molecule has 2 aromatic rings. The molecule has 0 radical (unpaired) electrons. The van der Waals surface area contributed by atoms with E-state index in [1.54, 1.807) is 23.5 Å². The third-order valence-corrected chi connectivity index (χ3v) is 3.11. The predicted octanol–water partition coefficient (Wildman–Crippen LogP) is 2.15. The zero-order valence-electron chi connectivity index (χ0n) is 8.08. The summed E-state index contributed by atoms with van der Waals surface area (Å²) in [6.45, 7) is 0. The maximum atomic E-state index is 10.5. The number of non-ortho nitro benzene ring substituents is 1. The Kier molecular flexibility index (Phi) is 2.47. The molecule has 1 aromatic heterocycles. The van der Waals surface area contributed by atoms with Gasteiger partial charge in [0.05, 0.1) is 15.9 Å². The lowest BCUT2D eigenvalue weighted by atomic mass is 10.2. The highest BCUT2D eigenvalue weighted by Crippen LogP contribution is 2.22. The van der Waals surface area contributed by atoms with Crippen LogP contribution in [0.5, 0.6) is 0 Å². The molecule has 0 saturated heterocycles. The third kappa shape index (κ3) is 1.87. The number of thiazole rings is 1. The second-order valence-corrected chi connectivity index (χ2v) is 4.02. The zero-order valence-corrected chi connectivity index (χ0v) is 8.90. The Hall–Kier alpha value is -1.75. The molecule has 0 amide bonds. The summed E-state index contributed by atoms with van der Waals surface area (Å²) in [4.78, 5) is 10.1. The van der Waals surface area contributed by atoms with E-state index in [4.69, 9.17) is 0 Å². The topological polar surface area (TPSA) is 47.0 Å². The highest BCUT2D eigenvalue weighted by Gasteiger charge is 2.12. The number of benzene rings is 1. The molecule has 0 fully saturated rings. The Bertz CT molecular complexity index is 490. The minimum Gasteiger partial charge on any atom is -0.258 e. The SMILES string of the molecule is C[n+]1ccsc1-c1ccc([N+](=O)[O-])cc1. The van der Waals surface area contributed by atoms with Crippen molar-refractivity contribution < 1.29 is 9.49 Å². The van der Waals surface area contributed by atoms with Crippen LogP contribution < -0.4 is 4.57 Å². The van der Waals surface area contributed by atoms with E-state index in [0.717, 1.165) is 10.6 Å². The zero-order chi connectivity index (χ0) is 10.8. The number of hydrogen-bond donors (Lipinski definition) is 0. The minimum atomic E-state index is -0.391. The van der Waals surface area contributed by atoms with Gasteiger partial charge in [-0.2, -0.15) is 4.57 Å². The van der Waals surface area contributed by atoms with Crippen molar-refractivity contribution in [3.63, 3.8) is 0 Å². The molecule has 0 saturated carbocycles. The van der Waals surface area contributed by atoms with Crippen molar-refractivity contribution in [1.82, 2.24) is 0 Å². The van der Waals surface area contributed by atoms with Crippen LogP contribution in [-0.2, 0) is 7.05 Å². The van der Waals surface area contributed by atoms with E-state index in [-0.39, 0.29) is 5.69 Å². The Morgan fingerprint density at radius 3 is 2.47 bits per heavy atom. The summed E-state index contributed by atoms with van der Waals surface area (Å²) in [5.74, 6) is 0. The number of nitrogens with zero attached hydrogens (tertiary/aromatic N) is 2. The van der Waals surface area contributed by atoms with Crippen LogP contribution in [-0.4, -0.2) is 4.92 Å². The van der Waals surface area contributed by atoms with E-state index in [2.05, 4.69) is 0 Å². The average molecular weight is 221 g/mol. The molecular weight excluding hydrogens is 212 g/mol. The van der Waals surface area contributed by atoms with E-state index >= 15 is 0 Å². The number of aromatic nitrogens is 1. The summed E-state index contributed by atoms with van der Waals surface area (Å²) in [5, 5.41) is 13.5. The van der Waals surface area contributed by atoms with E-state index in [0.29, 0.717) is 0 Å². The largest absolute Gasteiger partial charge is 0.269 e. The average Bonchev–Trinajstić information content (AvgIpc) is 2.65. The van der Waals surface area contributed by atoms with E-state index in [1.165, 1.54) is 12.1 Å². The van der Waals surface area contributed by atoms with Gasteiger partial charge in [-0.1, -0.05) is 11.3 Å². The van der Waals surface area contributed by atoms with Gasteiger partial charge in [-0.25, -0.2) is 0 Å². The van der Waals surface area contributed by atoms with Crippen molar-refractivity contribution in [2.24, 2.45) is 7.05 Å². The molecular formula is C10H9N2O2S+. The molecule has 0 spiro atoms. The van der Waals surface area contributed by atoms with Crippen LogP contribution in [0, 0.1) is 10.1 Å². The Morgan fingerprint density at radius 2 is 2.00 bits per heavy atom. The number of aryl methyl sites for hydroxylation is 1. The van der Waals surface area contributed by atoms with Crippen LogP contribution in [0.25, 0.3) is 10.6 Å². The van der Waals surface area contributed by atoms with Gasteiger partial charge in [-0.05, 0) is 12.1 Å². The molecule has 76 valence electrons. The Labute approximate surface area is 90.6 Å². The predicted molar refractivity (Wildman–Crippen MR) is 57.6 cm³/mol. The number of hydrogen-bond acceptors (Lipinski definition) is 3. The normalized spacial score (nSPS) is 10.2. The molecule has 0 aliphatic carbocycles. The fraction of sp³-hybridized carbons (Fsp3) is 0.100. The minimum absolute atomic E-state index is 0.123. The molecule has 1 aromatic carbocycles. The van der Waals surface area contributed by atoms with Gasteiger partial charge in [0.2, 0.25) is 0 Å². The van der Waals surface area contributed by atoms with Crippen molar-refractivity contribution in [2.75, 3.05) is 0 Å². The molecule has 15 heavy (non-hydrogen) atoms. The summed E-state index contributed by atoms with van der Waals surface area (Å²) >= 11 is 1.61. The van der Waals surface area contributed by atoms with Crippen LogP contribution in [0.1, 0.15) is 0 Å². The van der Waals surface area contributed by atoms with E-state index < -0.39 is 4.92 Å². The van der Waals surface area contributed by atoms with Crippen molar-refractivity contribution in [2.45, 2.75) is 0 Å². The second kappa shape index (κ2) is 3.78. The third-order valence-electron chi connectivity index (χ3n) is 2.11. The standard InChI is InChI=1S/C10H9N2O2S/c1-11-6-7-15-10(11)8-2-4-9(5-3-8)12(13)14/h2-7H,1H3/q+1. The highest BCUT2D eigenvalue weighted by atomic mass is 32.1. The van der Waals surface area contributed by atoms with Gasteiger partial charge in [0, 0.05) is 12.1 Å². The van der Waals surface area contributed by atoms with Gasteiger partial charge in [0.15, 0.2) is 6.20 Å². The van der Waals surface area contributed by atoms with Crippen molar-refractivity contribution in [3.05, 3.63) is 46.0 Å². The molecule has 0 N–H and O–H groups in total. The smallest absolute Gasteiger partial charge is 0.258 e. The molecule has 0 aliphatic heterocycles. The van der Waals surface area contributed by atoms with Gasteiger partial charge in [0.25, 0.3) is 10.7 Å². The molecule has 1 heterocycles. The van der Waals surface area contributed by atoms with Crippen LogP contribution in [0.2, 0.25) is 0 Å². The molecule has 0 unspecified atom stereocenters. The maximum absolute atomic E-state index is 10.5. The summed E-state index contributed by atoms with van der Waals surface area (Å²) in [6.07, 6.45) is 1.96. The molecule has 5 heteroatoms. The van der Waals surface area contributed by atoms with E-state index in [9.17, 15) is 10.1 Å². The molecule has 4 nitrogen and oxygen atoms in total. The molecule has 2 rings (SSSR count). The first-order chi connectivity index (χ1) is 7.18. The number of rotatable bonds is 2. The van der Waals surface area contributed by atoms with Crippen LogP contribution in [0.15, 0.2) is 35.8 Å². The Balaban J connectivity index is 2.40. The van der Waals surface area contributed by atoms with Gasteiger partial charge in [-0.15, -0.1) is 0 Å². The summed E-state index contributed by atoms with van der Waals surface area (Å²) in [6, 6.07) is 6.58. The van der Waals surface area contributed by atoms with Gasteiger partial charge in [0.1, 0.15) is 7.05 Å². The van der Waals surface area contributed by atoms with E-state index in [1.807, 2.05) is 23.2 Å². The fourth-order valence-corrected chi connectivity index (χ4v) is 2.21. The van der Waals surface area contributed by atoms with Gasteiger partial charge in [-0.3, -0.25) is 10.1 Å². The van der Waals surface area contributed by atoms with Crippen LogP contribution in [0.3, 0.4) is 0 Å². The summed E-state index contributed by atoms with van der Waals surface area (Å²) in [5.41, 5.74) is 1.12. The van der Waals surface area contributed by atoms with Gasteiger partial charge < -0.3 is 0 Å². The van der Waals surface area contributed by atoms with Gasteiger partial charge >= 0.3 is 0 Å².